The SMILES string of the molecule is O=C(CCn1cnnn1)Nc1ccc2c(c1)NC(=O)CO2. The number of amides is 2. The first-order valence-electron chi connectivity index (χ1n) is 6.28. The lowest BCUT2D eigenvalue weighted by Crippen LogP contribution is -2.25. The zero-order chi connectivity index (χ0) is 14.7. The Hall–Kier alpha value is -2.97. The average Bonchev–Trinajstić information content (AvgIpc) is 2.98. The molecular formula is C12H12N6O3. The van der Waals surface area contributed by atoms with Gasteiger partial charge in [-0.15, -0.1) is 5.10 Å². The van der Waals surface area contributed by atoms with Gasteiger partial charge in [0.05, 0.1) is 12.2 Å². The van der Waals surface area contributed by atoms with Gasteiger partial charge in [-0.3, -0.25) is 9.59 Å². The number of rotatable bonds is 4. The molecule has 0 radical (unpaired) electrons. The van der Waals surface area contributed by atoms with Gasteiger partial charge in [0, 0.05) is 12.1 Å². The van der Waals surface area contributed by atoms with Gasteiger partial charge in [-0.2, -0.15) is 0 Å². The van der Waals surface area contributed by atoms with Gasteiger partial charge in [0.25, 0.3) is 5.91 Å². The second-order valence-corrected chi connectivity index (χ2v) is 4.42. The third-order valence-corrected chi connectivity index (χ3v) is 2.86. The van der Waals surface area contributed by atoms with Gasteiger partial charge in [0.15, 0.2) is 6.61 Å². The van der Waals surface area contributed by atoms with E-state index in [-0.39, 0.29) is 24.8 Å². The van der Waals surface area contributed by atoms with Crippen LogP contribution in [0.5, 0.6) is 5.75 Å². The number of aromatic nitrogens is 4. The van der Waals surface area contributed by atoms with E-state index < -0.39 is 0 Å². The summed E-state index contributed by atoms with van der Waals surface area (Å²) in [5.41, 5.74) is 1.13. The summed E-state index contributed by atoms with van der Waals surface area (Å²) in [7, 11) is 0. The van der Waals surface area contributed by atoms with E-state index in [0.717, 1.165) is 0 Å². The van der Waals surface area contributed by atoms with E-state index in [4.69, 9.17) is 4.74 Å². The average molecular weight is 288 g/mol. The molecule has 1 aromatic carbocycles. The molecule has 1 aromatic heterocycles. The highest BCUT2D eigenvalue weighted by molar-refractivity contribution is 5.97. The zero-order valence-corrected chi connectivity index (χ0v) is 10.9. The van der Waals surface area contributed by atoms with Crippen molar-refractivity contribution in [2.24, 2.45) is 0 Å². The Bertz CT molecular complexity index is 670. The first-order valence-corrected chi connectivity index (χ1v) is 6.28. The predicted molar refractivity (Wildman–Crippen MR) is 71.6 cm³/mol. The number of nitrogens with one attached hydrogen (secondary N) is 2. The lowest BCUT2D eigenvalue weighted by molar-refractivity contribution is -0.118. The fraction of sp³-hybridized carbons (Fsp3) is 0.250. The maximum atomic E-state index is 11.8. The summed E-state index contributed by atoms with van der Waals surface area (Å²) in [6, 6.07) is 5.07. The van der Waals surface area contributed by atoms with Crippen LogP contribution in [-0.2, 0) is 16.1 Å². The smallest absolute Gasteiger partial charge is 0.262 e. The van der Waals surface area contributed by atoms with Crippen molar-refractivity contribution >= 4 is 23.2 Å². The van der Waals surface area contributed by atoms with E-state index in [2.05, 4.69) is 26.2 Å². The third-order valence-electron chi connectivity index (χ3n) is 2.86. The van der Waals surface area contributed by atoms with Crippen LogP contribution in [0.4, 0.5) is 11.4 Å². The van der Waals surface area contributed by atoms with Crippen molar-refractivity contribution in [3.63, 3.8) is 0 Å². The molecule has 0 saturated carbocycles. The maximum absolute atomic E-state index is 11.8. The van der Waals surface area contributed by atoms with E-state index in [1.807, 2.05) is 0 Å². The number of nitrogens with zero attached hydrogens (tertiary/aromatic N) is 4. The number of ether oxygens (including phenoxy) is 1. The highest BCUT2D eigenvalue weighted by Crippen LogP contribution is 2.30. The maximum Gasteiger partial charge on any atom is 0.262 e. The van der Waals surface area contributed by atoms with Gasteiger partial charge in [0.1, 0.15) is 12.1 Å². The van der Waals surface area contributed by atoms with Crippen LogP contribution in [0.25, 0.3) is 0 Å². The summed E-state index contributed by atoms with van der Waals surface area (Å²) < 4.78 is 6.71. The number of carbonyl (C=O) groups is 2. The molecule has 21 heavy (non-hydrogen) atoms. The second-order valence-electron chi connectivity index (χ2n) is 4.42. The van der Waals surface area contributed by atoms with Gasteiger partial charge < -0.3 is 15.4 Å². The van der Waals surface area contributed by atoms with Gasteiger partial charge in [0.2, 0.25) is 5.91 Å². The molecule has 108 valence electrons. The third kappa shape index (κ3) is 3.14. The molecule has 0 bridgehead atoms. The number of hydrogen-bond donors (Lipinski definition) is 2. The Balaban J connectivity index is 1.61. The molecule has 0 spiro atoms. The van der Waals surface area contributed by atoms with Crippen LogP contribution >= 0.6 is 0 Å². The molecule has 1 aliphatic heterocycles. The molecule has 3 rings (SSSR count). The standard InChI is InChI=1S/C12H12N6O3/c19-11(3-4-18-7-13-16-17-18)14-8-1-2-10-9(5-8)15-12(20)6-21-10/h1-2,5,7H,3-4,6H2,(H,14,19)(H,15,20). The van der Waals surface area contributed by atoms with Crippen LogP contribution in [0.1, 0.15) is 6.42 Å². The number of tetrazole rings is 1. The molecule has 0 aliphatic carbocycles. The van der Waals surface area contributed by atoms with Crippen molar-refractivity contribution in [3.8, 4) is 5.75 Å². The van der Waals surface area contributed by atoms with Gasteiger partial charge in [-0.05, 0) is 28.6 Å². The molecule has 2 heterocycles. The first-order chi connectivity index (χ1) is 10.2. The number of aryl methyl sites for hydroxylation is 1. The lowest BCUT2D eigenvalue weighted by atomic mass is 10.2. The molecule has 0 fully saturated rings. The highest BCUT2D eigenvalue weighted by atomic mass is 16.5. The zero-order valence-electron chi connectivity index (χ0n) is 10.9. The molecule has 9 heteroatoms. The van der Waals surface area contributed by atoms with Crippen LogP contribution < -0.4 is 15.4 Å². The van der Waals surface area contributed by atoms with Crippen LogP contribution in [0.2, 0.25) is 0 Å². The molecule has 2 amide bonds. The van der Waals surface area contributed by atoms with Crippen LogP contribution in [0, 0.1) is 0 Å². The topological polar surface area (TPSA) is 111 Å². The summed E-state index contributed by atoms with van der Waals surface area (Å²) in [5, 5.41) is 16.1. The summed E-state index contributed by atoms with van der Waals surface area (Å²) in [6.07, 6.45) is 1.68. The van der Waals surface area contributed by atoms with E-state index in [1.165, 1.54) is 11.0 Å². The summed E-state index contributed by atoms with van der Waals surface area (Å²) >= 11 is 0. The second kappa shape index (κ2) is 5.57. The van der Waals surface area contributed by atoms with Crippen LogP contribution in [-0.4, -0.2) is 38.6 Å². The van der Waals surface area contributed by atoms with E-state index in [1.54, 1.807) is 18.2 Å². The predicted octanol–water partition coefficient (Wildman–Crippen LogP) is 0.0328. The molecule has 0 unspecified atom stereocenters. The Morgan fingerprint density at radius 2 is 2.38 bits per heavy atom. The largest absolute Gasteiger partial charge is 0.482 e. The number of carbonyl (C=O) groups excluding carboxylic acids is 2. The minimum atomic E-state index is -0.218. The normalized spacial score (nSPS) is 13.0. The Kier molecular flexibility index (Phi) is 3.46. The number of anilines is 2. The van der Waals surface area contributed by atoms with E-state index in [9.17, 15) is 9.59 Å². The molecule has 2 N–H and O–H groups in total. The van der Waals surface area contributed by atoms with Crippen molar-refractivity contribution in [1.29, 1.82) is 0 Å². The van der Waals surface area contributed by atoms with E-state index >= 15 is 0 Å². The van der Waals surface area contributed by atoms with Gasteiger partial charge >= 0.3 is 0 Å². The Labute approximate surface area is 119 Å². The number of benzene rings is 1. The van der Waals surface area contributed by atoms with Crippen LogP contribution in [0.15, 0.2) is 24.5 Å². The molecular weight excluding hydrogens is 276 g/mol. The Morgan fingerprint density at radius 1 is 1.48 bits per heavy atom. The summed E-state index contributed by atoms with van der Waals surface area (Å²) in [4.78, 5) is 23.1. The summed E-state index contributed by atoms with van der Waals surface area (Å²) in [5.74, 6) is 0.194. The van der Waals surface area contributed by atoms with Crippen molar-refractivity contribution in [2.45, 2.75) is 13.0 Å². The lowest BCUT2D eigenvalue weighted by Gasteiger charge is -2.18. The highest BCUT2D eigenvalue weighted by Gasteiger charge is 2.16. The molecule has 0 saturated heterocycles. The number of hydrogen-bond acceptors (Lipinski definition) is 6. The monoisotopic (exact) mass is 288 g/mol. The quantitative estimate of drug-likeness (QED) is 0.821. The molecule has 2 aromatic rings. The van der Waals surface area contributed by atoms with Gasteiger partial charge in [-0.1, -0.05) is 0 Å². The van der Waals surface area contributed by atoms with Crippen molar-refractivity contribution < 1.29 is 14.3 Å². The molecule has 9 nitrogen and oxygen atoms in total. The Morgan fingerprint density at radius 3 is 3.19 bits per heavy atom. The van der Waals surface area contributed by atoms with Crippen LogP contribution in [0.3, 0.4) is 0 Å². The van der Waals surface area contributed by atoms with Crippen molar-refractivity contribution in [1.82, 2.24) is 20.2 Å². The first kappa shape index (κ1) is 13.0. The number of fused-ring (bicyclic) bond motifs is 1. The fourth-order valence-corrected chi connectivity index (χ4v) is 1.88. The van der Waals surface area contributed by atoms with Gasteiger partial charge in [-0.25, -0.2) is 4.68 Å². The summed E-state index contributed by atoms with van der Waals surface area (Å²) in [6.45, 7) is 0.397. The molecule has 0 atom stereocenters. The fourth-order valence-electron chi connectivity index (χ4n) is 1.88. The minimum absolute atomic E-state index is 0.00461. The minimum Gasteiger partial charge on any atom is -0.482 e. The molecule has 1 aliphatic rings. The van der Waals surface area contributed by atoms with Crippen molar-refractivity contribution in [2.75, 3.05) is 17.2 Å². The van der Waals surface area contributed by atoms with Crippen molar-refractivity contribution in [3.05, 3.63) is 24.5 Å². The van der Waals surface area contributed by atoms with E-state index in [0.29, 0.717) is 23.7 Å².